The summed E-state index contributed by atoms with van der Waals surface area (Å²) in [5, 5.41) is 4.05. The van der Waals surface area contributed by atoms with Gasteiger partial charge in [-0.15, -0.1) is 12.4 Å². The monoisotopic (exact) mass is 376 g/mol. The molecule has 2 aromatic carbocycles. The van der Waals surface area contributed by atoms with Crippen molar-refractivity contribution in [2.24, 2.45) is 0 Å². The maximum absolute atomic E-state index is 6.62. The Balaban J connectivity index is 0.00000225. The normalized spacial score (nSPS) is 10.4. The first-order valence-corrected chi connectivity index (χ1v) is 8.29. The molecule has 0 atom stereocenters. The summed E-state index contributed by atoms with van der Waals surface area (Å²) in [6.07, 6.45) is 0. The molecule has 132 valence electrons. The Morgan fingerprint density at radius 1 is 0.960 bits per heavy atom. The standard InChI is InChI=1S/C19H21ClN4.ClH/c1-23(2)19-22-17(14-21-13-15-9-5-3-6-10-15)18(20)24(19)16-11-7-4-8-12-16;/h3-12,21H,13-14H2,1-2H3;1H. The van der Waals surface area contributed by atoms with Gasteiger partial charge < -0.3 is 10.2 Å². The molecule has 1 heterocycles. The van der Waals surface area contributed by atoms with E-state index in [1.165, 1.54) is 5.56 Å². The van der Waals surface area contributed by atoms with Crippen molar-refractivity contribution in [1.29, 1.82) is 0 Å². The second kappa shape index (κ2) is 8.90. The van der Waals surface area contributed by atoms with Crippen molar-refractivity contribution in [3.63, 3.8) is 0 Å². The molecule has 4 nitrogen and oxygen atoms in total. The number of hydrogen-bond acceptors (Lipinski definition) is 3. The summed E-state index contributed by atoms with van der Waals surface area (Å²) in [5.74, 6) is 0.822. The summed E-state index contributed by atoms with van der Waals surface area (Å²) in [5.41, 5.74) is 3.09. The molecular weight excluding hydrogens is 355 g/mol. The molecule has 25 heavy (non-hydrogen) atoms. The van der Waals surface area contributed by atoms with Crippen LogP contribution in [0.25, 0.3) is 5.69 Å². The second-order valence-electron chi connectivity index (χ2n) is 5.80. The zero-order chi connectivity index (χ0) is 16.9. The zero-order valence-corrected chi connectivity index (χ0v) is 15.9. The number of imidazole rings is 1. The smallest absolute Gasteiger partial charge is 0.211 e. The Kier molecular flexibility index (Phi) is 6.88. The minimum Gasteiger partial charge on any atom is -0.348 e. The van der Waals surface area contributed by atoms with Crippen LogP contribution in [0, 0.1) is 0 Å². The average molecular weight is 377 g/mol. The van der Waals surface area contributed by atoms with Gasteiger partial charge in [-0.25, -0.2) is 4.98 Å². The van der Waals surface area contributed by atoms with E-state index in [4.69, 9.17) is 16.6 Å². The van der Waals surface area contributed by atoms with Crippen molar-refractivity contribution in [2.75, 3.05) is 19.0 Å². The Labute approximate surface area is 159 Å². The number of rotatable bonds is 6. The molecule has 0 aliphatic heterocycles. The van der Waals surface area contributed by atoms with Crippen molar-refractivity contribution < 1.29 is 0 Å². The van der Waals surface area contributed by atoms with Gasteiger partial charge in [0, 0.05) is 32.9 Å². The van der Waals surface area contributed by atoms with E-state index in [-0.39, 0.29) is 12.4 Å². The van der Waals surface area contributed by atoms with Gasteiger partial charge >= 0.3 is 0 Å². The van der Waals surface area contributed by atoms with Gasteiger partial charge in [0.15, 0.2) is 0 Å². The third-order valence-corrected chi connectivity index (χ3v) is 4.14. The van der Waals surface area contributed by atoms with Crippen molar-refractivity contribution in [3.8, 4) is 5.69 Å². The number of nitrogens with zero attached hydrogens (tertiary/aromatic N) is 3. The lowest BCUT2D eigenvalue weighted by Gasteiger charge is -2.14. The first kappa shape index (κ1) is 19.3. The minimum absolute atomic E-state index is 0. The van der Waals surface area contributed by atoms with Crippen LogP contribution >= 0.6 is 24.0 Å². The average Bonchev–Trinajstić information content (AvgIpc) is 2.94. The Morgan fingerprint density at radius 2 is 1.56 bits per heavy atom. The lowest BCUT2D eigenvalue weighted by molar-refractivity contribution is 0.682. The summed E-state index contributed by atoms with van der Waals surface area (Å²) in [6, 6.07) is 20.3. The fourth-order valence-electron chi connectivity index (χ4n) is 2.57. The van der Waals surface area contributed by atoms with Crippen LogP contribution in [0.3, 0.4) is 0 Å². The van der Waals surface area contributed by atoms with Gasteiger partial charge in [0.2, 0.25) is 5.95 Å². The third-order valence-electron chi connectivity index (χ3n) is 3.75. The number of aromatic nitrogens is 2. The van der Waals surface area contributed by atoms with Crippen LogP contribution < -0.4 is 10.2 Å². The topological polar surface area (TPSA) is 33.1 Å². The molecule has 0 saturated heterocycles. The zero-order valence-electron chi connectivity index (χ0n) is 14.3. The highest BCUT2D eigenvalue weighted by molar-refractivity contribution is 6.30. The molecule has 0 fully saturated rings. The molecule has 0 saturated carbocycles. The Morgan fingerprint density at radius 3 is 2.16 bits per heavy atom. The Hall–Kier alpha value is -2.01. The fraction of sp³-hybridized carbons (Fsp3) is 0.211. The van der Waals surface area contributed by atoms with Crippen molar-refractivity contribution in [3.05, 3.63) is 77.1 Å². The second-order valence-corrected chi connectivity index (χ2v) is 6.16. The van der Waals surface area contributed by atoms with Crippen molar-refractivity contribution in [1.82, 2.24) is 14.9 Å². The summed E-state index contributed by atoms with van der Waals surface area (Å²) in [6.45, 7) is 1.40. The van der Waals surface area contributed by atoms with E-state index in [2.05, 4.69) is 17.4 Å². The SMILES string of the molecule is CN(C)c1nc(CNCc2ccccc2)c(Cl)n1-c1ccccc1.Cl. The summed E-state index contributed by atoms with van der Waals surface area (Å²) in [7, 11) is 3.94. The van der Waals surface area contributed by atoms with Gasteiger partial charge in [0.25, 0.3) is 0 Å². The van der Waals surface area contributed by atoms with Crippen molar-refractivity contribution >= 4 is 30.0 Å². The molecular formula is C19H22Cl2N4. The van der Waals surface area contributed by atoms with Crippen LogP contribution in [0.5, 0.6) is 0 Å². The van der Waals surface area contributed by atoms with Crippen LogP contribution in [0.1, 0.15) is 11.3 Å². The van der Waals surface area contributed by atoms with Crippen LogP contribution in [-0.2, 0) is 13.1 Å². The van der Waals surface area contributed by atoms with E-state index in [0.717, 1.165) is 23.9 Å². The molecule has 1 aromatic heterocycles. The largest absolute Gasteiger partial charge is 0.348 e. The van der Waals surface area contributed by atoms with Gasteiger partial charge in [-0.05, 0) is 17.7 Å². The van der Waals surface area contributed by atoms with E-state index < -0.39 is 0 Å². The van der Waals surface area contributed by atoms with E-state index in [1.807, 2.05) is 72.1 Å². The number of nitrogens with one attached hydrogen (secondary N) is 1. The molecule has 0 unspecified atom stereocenters. The number of hydrogen-bond donors (Lipinski definition) is 1. The van der Waals surface area contributed by atoms with Crippen LogP contribution in [0.15, 0.2) is 60.7 Å². The lowest BCUT2D eigenvalue weighted by atomic mass is 10.2. The number of anilines is 1. The predicted molar refractivity (Wildman–Crippen MR) is 107 cm³/mol. The molecule has 0 aliphatic rings. The highest BCUT2D eigenvalue weighted by atomic mass is 35.5. The first-order chi connectivity index (χ1) is 11.7. The molecule has 0 aliphatic carbocycles. The number of para-hydroxylation sites is 1. The molecule has 0 amide bonds. The summed E-state index contributed by atoms with van der Waals surface area (Å²) in [4.78, 5) is 6.68. The van der Waals surface area contributed by atoms with E-state index >= 15 is 0 Å². The van der Waals surface area contributed by atoms with Crippen LogP contribution in [0.4, 0.5) is 5.95 Å². The number of benzene rings is 2. The molecule has 0 spiro atoms. The van der Waals surface area contributed by atoms with Gasteiger partial charge in [-0.2, -0.15) is 0 Å². The van der Waals surface area contributed by atoms with Crippen LogP contribution in [-0.4, -0.2) is 23.6 Å². The van der Waals surface area contributed by atoms with Crippen LogP contribution in [0.2, 0.25) is 5.15 Å². The highest BCUT2D eigenvalue weighted by Crippen LogP contribution is 2.27. The molecule has 3 aromatic rings. The van der Waals surface area contributed by atoms with Gasteiger partial charge in [0.1, 0.15) is 5.15 Å². The summed E-state index contributed by atoms with van der Waals surface area (Å²) >= 11 is 6.62. The maximum atomic E-state index is 6.62. The van der Waals surface area contributed by atoms with E-state index in [1.54, 1.807) is 0 Å². The number of halogens is 2. The Bertz CT molecular complexity index is 786. The predicted octanol–water partition coefficient (Wildman–Crippen LogP) is 4.30. The van der Waals surface area contributed by atoms with Gasteiger partial charge in [0.05, 0.1) is 5.69 Å². The highest BCUT2D eigenvalue weighted by Gasteiger charge is 2.17. The third kappa shape index (κ3) is 4.54. The summed E-state index contributed by atoms with van der Waals surface area (Å²) < 4.78 is 1.97. The quantitative estimate of drug-likeness (QED) is 0.695. The van der Waals surface area contributed by atoms with Gasteiger partial charge in [-0.1, -0.05) is 60.1 Å². The fourth-order valence-corrected chi connectivity index (χ4v) is 2.86. The molecule has 6 heteroatoms. The lowest BCUT2D eigenvalue weighted by Crippen LogP contribution is -2.15. The van der Waals surface area contributed by atoms with Crippen molar-refractivity contribution in [2.45, 2.75) is 13.1 Å². The van der Waals surface area contributed by atoms with Gasteiger partial charge in [-0.3, -0.25) is 4.57 Å². The first-order valence-electron chi connectivity index (χ1n) is 7.91. The van der Waals surface area contributed by atoms with E-state index in [0.29, 0.717) is 11.7 Å². The van der Waals surface area contributed by atoms with E-state index in [9.17, 15) is 0 Å². The molecule has 0 bridgehead atoms. The minimum atomic E-state index is 0. The molecule has 1 N–H and O–H groups in total. The molecule has 3 rings (SSSR count). The maximum Gasteiger partial charge on any atom is 0.211 e. The molecule has 0 radical (unpaired) electrons.